The van der Waals surface area contributed by atoms with E-state index in [4.69, 9.17) is 4.74 Å². The second kappa shape index (κ2) is 4.77. The molecule has 0 radical (unpaired) electrons. The van der Waals surface area contributed by atoms with Gasteiger partial charge in [-0.1, -0.05) is 6.07 Å². The molecule has 3 rings (SSSR count). The summed E-state index contributed by atoms with van der Waals surface area (Å²) in [6, 6.07) is 9.59. The number of ether oxygens (including phenoxy) is 1. The monoisotopic (exact) mass is 270 g/mol. The van der Waals surface area contributed by atoms with E-state index in [-0.39, 0.29) is 17.1 Å². The standard InChI is InChI=1S/C15H11FN2O2/c1-20-14-6-5-10(8-12(14)16)15(19)11-9-17-18-7-3-2-4-13(11)18/h2-9H,1H3. The highest BCUT2D eigenvalue weighted by atomic mass is 19.1. The molecule has 0 N–H and O–H groups in total. The molecule has 0 aliphatic rings. The van der Waals surface area contributed by atoms with Crippen molar-refractivity contribution in [2.75, 3.05) is 7.11 Å². The normalized spacial score (nSPS) is 10.7. The number of benzene rings is 1. The Kier molecular flexibility index (Phi) is 2.95. The minimum atomic E-state index is -0.560. The smallest absolute Gasteiger partial charge is 0.196 e. The molecule has 0 amide bonds. The molecule has 5 heteroatoms. The summed E-state index contributed by atoms with van der Waals surface area (Å²) in [6.07, 6.45) is 3.24. The van der Waals surface area contributed by atoms with Crippen molar-refractivity contribution in [3.63, 3.8) is 0 Å². The average molecular weight is 270 g/mol. The van der Waals surface area contributed by atoms with Gasteiger partial charge in [0.05, 0.1) is 24.4 Å². The summed E-state index contributed by atoms with van der Waals surface area (Å²) in [7, 11) is 1.38. The summed E-state index contributed by atoms with van der Waals surface area (Å²) in [6.45, 7) is 0. The van der Waals surface area contributed by atoms with Gasteiger partial charge in [0.25, 0.3) is 0 Å². The summed E-state index contributed by atoms with van der Waals surface area (Å²) in [5.41, 5.74) is 1.39. The SMILES string of the molecule is COc1ccc(C(=O)c2cnn3ccccc23)cc1F. The van der Waals surface area contributed by atoms with Crippen LogP contribution in [0.4, 0.5) is 4.39 Å². The topological polar surface area (TPSA) is 43.6 Å². The molecule has 3 aromatic rings. The Morgan fingerprint density at radius 2 is 2.15 bits per heavy atom. The molecule has 0 atom stereocenters. The van der Waals surface area contributed by atoms with Gasteiger partial charge in [0.2, 0.25) is 0 Å². The second-order valence-electron chi connectivity index (χ2n) is 4.27. The highest BCUT2D eigenvalue weighted by molar-refractivity contribution is 6.13. The van der Waals surface area contributed by atoms with E-state index in [0.717, 1.165) is 0 Å². The predicted octanol–water partition coefficient (Wildman–Crippen LogP) is 2.71. The van der Waals surface area contributed by atoms with Gasteiger partial charge in [-0.15, -0.1) is 0 Å². The minimum absolute atomic E-state index is 0.112. The maximum atomic E-state index is 13.7. The van der Waals surface area contributed by atoms with Crippen molar-refractivity contribution in [3.8, 4) is 5.75 Å². The van der Waals surface area contributed by atoms with Crippen LogP contribution in [0.3, 0.4) is 0 Å². The van der Waals surface area contributed by atoms with Crippen molar-refractivity contribution in [1.82, 2.24) is 9.61 Å². The predicted molar refractivity (Wildman–Crippen MR) is 71.6 cm³/mol. The van der Waals surface area contributed by atoms with Crippen molar-refractivity contribution < 1.29 is 13.9 Å². The number of carbonyl (C=O) groups is 1. The molecule has 0 aliphatic carbocycles. The fourth-order valence-corrected chi connectivity index (χ4v) is 2.07. The van der Waals surface area contributed by atoms with Crippen molar-refractivity contribution in [2.45, 2.75) is 0 Å². The number of hydrogen-bond acceptors (Lipinski definition) is 3. The first-order chi connectivity index (χ1) is 9.70. The van der Waals surface area contributed by atoms with Crippen molar-refractivity contribution in [1.29, 1.82) is 0 Å². The zero-order chi connectivity index (χ0) is 14.1. The van der Waals surface area contributed by atoms with Gasteiger partial charge in [0.1, 0.15) is 0 Å². The van der Waals surface area contributed by atoms with Crippen LogP contribution in [0, 0.1) is 5.82 Å². The Morgan fingerprint density at radius 3 is 2.90 bits per heavy atom. The summed E-state index contributed by atoms with van der Waals surface area (Å²) in [4.78, 5) is 12.4. The largest absolute Gasteiger partial charge is 0.494 e. The second-order valence-corrected chi connectivity index (χ2v) is 4.27. The minimum Gasteiger partial charge on any atom is -0.494 e. The molecule has 1 aromatic carbocycles. The third-order valence-electron chi connectivity index (χ3n) is 3.09. The lowest BCUT2D eigenvalue weighted by molar-refractivity contribution is 0.103. The lowest BCUT2D eigenvalue weighted by Gasteiger charge is -2.04. The summed E-state index contributed by atoms with van der Waals surface area (Å²) in [5.74, 6) is -0.719. The Hall–Kier alpha value is -2.69. The molecule has 100 valence electrons. The van der Waals surface area contributed by atoms with Gasteiger partial charge in [-0.05, 0) is 30.3 Å². The lowest BCUT2D eigenvalue weighted by atomic mass is 10.0. The number of pyridine rings is 1. The molecular weight excluding hydrogens is 259 g/mol. The fraction of sp³-hybridized carbons (Fsp3) is 0.0667. The Labute approximate surface area is 114 Å². The van der Waals surface area contributed by atoms with E-state index < -0.39 is 5.82 Å². The zero-order valence-corrected chi connectivity index (χ0v) is 10.7. The first-order valence-corrected chi connectivity index (χ1v) is 6.01. The van der Waals surface area contributed by atoms with Gasteiger partial charge < -0.3 is 4.74 Å². The highest BCUT2D eigenvalue weighted by Crippen LogP contribution is 2.21. The first-order valence-electron chi connectivity index (χ1n) is 6.01. The van der Waals surface area contributed by atoms with Crippen LogP contribution in [0.25, 0.3) is 5.52 Å². The van der Waals surface area contributed by atoms with Crippen molar-refractivity contribution in [3.05, 3.63) is 65.7 Å². The zero-order valence-electron chi connectivity index (χ0n) is 10.7. The van der Waals surface area contributed by atoms with Crippen LogP contribution in [-0.4, -0.2) is 22.5 Å². The van der Waals surface area contributed by atoms with Gasteiger partial charge in [-0.2, -0.15) is 5.10 Å². The van der Waals surface area contributed by atoms with Crippen molar-refractivity contribution in [2.24, 2.45) is 0 Å². The average Bonchev–Trinajstić information content (AvgIpc) is 2.90. The number of ketones is 1. The Morgan fingerprint density at radius 1 is 1.30 bits per heavy atom. The van der Waals surface area contributed by atoms with Gasteiger partial charge >= 0.3 is 0 Å². The highest BCUT2D eigenvalue weighted by Gasteiger charge is 2.16. The third kappa shape index (κ3) is 1.93. The molecule has 0 unspecified atom stereocenters. The molecule has 20 heavy (non-hydrogen) atoms. The van der Waals surface area contributed by atoms with Crippen LogP contribution in [0.1, 0.15) is 15.9 Å². The molecule has 0 saturated heterocycles. The number of rotatable bonds is 3. The van der Waals surface area contributed by atoms with Gasteiger partial charge in [0, 0.05) is 11.8 Å². The number of carbonyl (C=O) groups excluding carboxylic acids is 1. The van der Waals surface area contributed by atoms with E-state index in [2.05, 4.69) is 5.10 Å². The number of fused-ring (bicyclic) bond motifs is 1. The molecule has 0 fully saturated rings. The third-order valence-corrected chi connectivity index (χ3v) is 3.09. The van der Waals surface area contributed by atoms with Gasteiger partial charge in [0.15, 0.2) is 17.3 Å². The number of hydrogen-bond donors (Lipinski definition) is 0. The molecule has 0 saturated carbocycles. The molecule has 2 heterocycles. The Bertz CT molecular complexity index is 795. The van der Waals surface area contributed by atoms with E-state index in [1.807, 2.05) is 12.1 Å². The summed E-state index contributed by atoms with van der Waals surface area (Å²) >= 11 is 0. The molecule has 0 bridgehead atoms. The van der Waals surface area contributed by atoms with Crippen LogP contribution in [-0.2, 0) is 0 Å². The molecule has 0 spiro atoms. The van der Waals surface area contributed by atoms with Crippen molar-refractivity contribution >= 4 is 11.3 Å². The van der Waals surface area contributed by atoms with Gasteiger partial charge in [-0.25, -0.2) is 8.91 Å². The van der Waals surface area contributed by atoms with Crippen LogP contribution in [0.5, 0.6) is 5.75 Å². The van der Waals surface area contributed by atoms with E-state index in [0.29, 0.717) is 11.1 Å². The Balaban J connectivity index is 2.06. The number of nitrogens with zero attached hydrogens (tertiary/aromatic N) is 2. The molecular formula is C15H11FN2O2. The van der Waals surface area contributed by atoms with E-state index in [1.54, 1.807) is 16.8 Å². The number of methoxy groups -OCH3 is 1. The molecule has 2 aromatic heterocycles. The first kappa shape index (κ1) is 12.3. The van der Waals surface area contributed by atoms with Crippen LogP contribution in [0.15, 0.2) is 48.8 Å². The molecule has 0 aliphatic heterocycles. The quantitative estimate of drug-likeness (QED) is 0.687. The lowest BCUT2D eigenvalue weighted by Crippen LogP contribution is -2.02. The van der Waals surface area contributed by atoms with Gasteiger partial charge in [-0.3, -0.25) is 4.79 Å². The molecule has 4 nitrogen and oxygen atoms in total. The summed E-state index contributed by atoms with van der Waals surface area (Å²) in [5, 5.41) is 4.10. The van der Waals surface area contributed by atoms with Crippen LogP contribution < -0.4 is 4.74 Å². The fourth-order valence-electron chi connectivity index (χ4n) is 2.07. The summed E-state index contributed by atoms with van der Waals surface area (Å²) < 4.78 is 20.1. The maximum Gasteiger partial charge on any atom is 0.196 e. The maximum absolute atomic E-state index is 13.7. The van der Waals surface area contributed by atoms with E-state index in [9.17, 15) is 9.18 Å². The van der Waals surface area contributed by atoms with Crippen LogP contribution in [0.2, 0.25) is 0 Å². The van der Waals surface area contributed by atoms with E-state index >= 15 is 0 Å². The number of halogens is 1. The van der Waals surface area contributed by atoms with Crippen LogP contribution >= 0.6 is 0 Å². The number of aromatic nitrogens is 2. The van der Waals surface area contributed by atoms with E-state index in [1.165, 1.54) is 31.5 Å².